The van der Waals surface area contributed by atoms with Crippen molar-refractivity contribution >= 4 is 17.3 Å². The summed E-state index contributed by atoms with van der Waals surface area (Å²) in [5.41, 5.74) is 2.17. The van der Waals surface area contributed by atoms with Crippen LogP contribution in [-0.4, -0.2) is 29.0 Å². The Morgan fingerprint density at radius 1 is 1.29 bits per heavy atom. The van der Waals surface area contributed by atoms with E-state index in [1.807, 2.05) is 37.4 Å². The second-order valence-electron chi connectivity index (χ2n) is 4.79. The second kappa shape index (κ2) is 7.90. The number of nitrogens with zero attached hydrogens (tertiary/aromatic N) is 2. The van der Waals surface area contributed by atoms with E-state index in [1.54, 1.807) is 11.3 Å². The Morgan fingerprint density at radius 3 is 2.67 bits per heavy atom. The van der Waals surface area contributed by atoms with E-state index in [0.29, 0.717) is 19.7 Å². The molecule has 0 aliphatic carbocycles. The van der Waals surface area contributed by atoms with Crippen molar-refractivity contribution in [2.75, 3.05) is 13.2 Å². The summed E-state index contributed by atoms with van der Waals surface area (Å²) in [5, 5.41) is 3.08. The summed E-state index contributed by atoms with van der Waals surface area (Å²) in [4.78, 5) is 18.3. The van der Waals surface area contributed by atoms with E-state index < -0.39 is 0 Å². The molecule has 0 N–H and O–H groups in total. The van der Waals surface area contributed by atoms with Crippen LogP contribution in [0.5, 0.6) is 0 Å². The summed E-state index contributed by atoms with van der Waals surface area (Å²) in [6.45, 7) is 5.85. The van der Waals surface area contributed by atoms with Gasteiger partial charge in [0, 0.05) is 18.5 Å². The van der Waals surface area contributed by atoms with Gasteiger partial charge in [0.2, 0.25) is 0 Å². The van der Waals surface area contributed by atoms with Crippen LogP contribution in [0.15, 0.2) is 35.7 Å². The lowest BCUT2D eigenvalue weighted by atomic mass is 10.2. The highest BCUT2D eigenvalue weighted by Gasteiger charge is 2.14. The number of ether oxygens (including phenoxy) is 1. The molecule has 1 aromatic carbocycles. The SMILES string of the molecule is CCOC(=O)CN(Cc1ccccc1)Cc1csc(C)n1. The van der Waals surface area contributed by atoms with E-state index >= 15 is 0 Å². The molecule has 4 nitrogen and oxygen atoms in total. The molecule has 0 aliphatic heterocycles. The zero-order valence-electron chi connectivity index (χ0n) is 12.4. The maximum absolute atomic E-state index is 11.8. The fraction of sp³-hybridized carbons (Fsp3) is 0.375. The molecule has 2 rings (SSSR count). The Bertz CT molecular complexity index is 569. The first kappa shape index (κ1) is 15.7. The monoisotopic (exact) mass is 304 g/mol. The van der Waals surface area contributed by atoms with Crippen LogP contribution in [0.3, 0.4) is 0 Å². The summed E-state index contributed by atoms with van der Waals surface area (Å²) < 4.78 is 5.05. The van der Waals surface area contributed by atoms with E-state index in [9.17, 15) is 4.79 Å². The number of aryl methyl sites for hydroxylation is 1. The maximum atomic E-state index is 11.8. The summed E-state index contributed by atoms with van der Waals surface area (Å²) in [6, 6.07) is 10.1. The molecule has 0 radical (unpaired) electrons. The number of aromatic nitrogens is 1. The van der Waals surface area contributed by atoms with Crippen molar-refractivity contribution in [2.24, 2.45) is 0 Å². The van der Waals surface area contributed by atoms with Gasteiger partial charge < -0.3 is 4.74 Å². The van der Waals surface area contributed by atoms with Crippen LogP contribution in [0, 0.1) is 6.92 Å². The van der Waals surface area contributed by atoms with Crippen LogP contribution in [0.1, 0.15) is 23.2 Å². The van der Waals surface area contributed by atoms with Crippen LogP contribution in [0.4, 0.5) is 0 Å². The normalized spacial score (nSPS) is 10.8. The average Bonchev–Trinajstić information content (AvgIpc) is 2.85. The molecule has 5 heteroatoms. The maximum Gasteiger partial charge on any atom is 0.320 e. The molecule has 0 aliphatic rings. The third-order valence-electron chi connectivity index (χ3n) is 2.96. The number of hydrogen-bond donors (Lipinski definition) is 0. The van der Waals surface area contributed by atoms with Crippen molar-refractivity contribution in [1.29, 1.82) is 0 Å². The Kier molecular flexibility index (Phi) is 5.90. The number of hydrogen-bond acceptors (Lipinski definition) is 5. The molecule has 2 aromatic rings. The molecule has 0 saturated heterocycles. The highest BCUT2D eigenvalue weighted by molar-refractivity contribution is 7.09. The highest BCUT2D eigenvalue weighted by Crippen LogP contribution is 2.13. The highest BCUT2D eigenvalue weighted by atomic mass is 32.1. The summed E-state index contributed by atoms with van der Waals surface area (Å²) >= 11 is 1.63. The molecule has 0 unspecified atom stereocenters. The molecular weight excluding hydrogens is 284 g/mol. The van der Waals surface area contributed by atoms with Crippen LogP contribution in [0.25, 0.3) is 0 Å². The Morgan fingerprint density at radius 2 is 2.05 bits per heavy atom. The molecule has 0 amide bonds. The van der Waals surface area contributed by atoms with Crippen molar-refractivity contribution in [1.82, 2.24) is 9.88 Å². The van der Waals surface area contributed by atoms with Gasteiger partial charge in [-0.25, -0.2) is 4.98 Å². The largest absolute Gasteiger partial charge is 0.465 e. The van der Waals surface area contributed by atoms with Gasteiger partial charge in [-0.2, -0.15) is 0 Å². The van der Waals surface area contributed by atoms with Crippen LogP contribution >= 0.6 is 11.3 Å². The molecule has 1 aromatic heterocycles. The van der Waals surface area contributed by atoms with E-state index in [1.165, 1.54) is 5.56 Å². The molecule has 0 fully saturated rings. The summed E-state index contributed by atoms with van der Waals surface area (Å²) in [5.74, 6) is -0.194. The number of esters is 1. The number of carbonyl (C=O) groups is 1. The van der Waals surface area contributed by atoms with Gasteiger partial charge in [0.1, 0.15) is 0 Å². The predicted molar refractivity (Wildman–Crippen MR) is 84.0 cm³/mol. The molecule has 0 bridgehead atoms. The van der Waals surface area contributed by atoms with E-state index in [0.717, 1.165) is 10.7 Å². The zero-order chi connectivity index (χ0) is 15.1. The first-order valence-corrected chi connectivity index (χ1v) is 7.88. The molecule has 0 spiro atoms. The van der Waals surface area contributed by atoms with E-state index in [2.05, 4.69) is 22.0 Å². The number of carbonyl (C=O) groups excluding carboxylic acids is 1. The molecule has 1 heterocycles. The Hall–Kier alpha value is -1.72. The number of benzene rings is 1. The van der Waals surface area contributed by atoms with Crippen molar-refractivity contribution < 1.29 is 9.53 Å². The van der Waals surface area contributed by atoms with Gasteiger partial charge in [0.05, 0.1) is 23.9 Å². The Balaban J connectivity index is 2.04. The van der Waals surface area contributed by atoms with Crippen LogP contribution in [-0.2, 0) is 22.6 Å². The smallest absolute Gasteiger partial charge is 0.320 e. The summed E-state index contributed by atoms with van der Waals surface area (Å²) in [7, 11) is 0. The molecule has 0 saturated carbocycles. The molecule has 112 valence electrons. The van der Waals surface area contributed by atoms with Gasteiger partial charge in [-0.05, 0) is 19.4 Å². The minimum atomic E-state index is -0.194. The van der Waals surface area contributed by atoms with Gasteiger partial charge in [0.25, 0.3) is 0 Å². The fourth-order valence-corrected chi connectivity index (χ4v) is 2.71. The van der Waals surface area contributed by atoms with E-state index in [-0.39, 0.29) is 12.5 Å². The molecule has 0 atom stereocenters. The second-order valence-corrected chi connectivity index (χ2v) is 5.86. The fourth-order valence-electron chi connectivity index (χ4n) is 2.11. The lowest BCUT2D eigenvalue weighted by Gasteiger charge is -2.20. The number of thiazole rings is 1. The van der Waals surface area contributed by atoms with Crippen molar-refractivity contribution in [2.45, 2.75) is 26.9 Å². The average molecular weight is 304 g/mol. The minimum absolute atomic E-state index is 0.194. The molecule has 21 heavy (non-hydrogen) atoms. The minimum Gasteiger partial charge on any atom is -0.465 e. The van der Waals surface area contributed by atoms with Gasteiger partial charge in [0.15, 0.2) is 0 Å². The lowest BCUT2D eigenvalue weighted by molar-refractivity contribution is -0.144. The standard InChI is InChI=1S/C16H20N2O2S/c1-3-20-16(19)11-18(9-14-7-5-4-6-8-14)10-15-12-21-13(2)17-15/h4-8,12H,3,9-11H2,1-2H3. The number of rotatable bonds is 7. The topological polar surface area (TPSA) is 42.4 Å². The van der Waals surface area contributed by atoms with E-state index in [4.69, 9.17) is 4.74 Å². The van der Waals surface area contributed by atoms with Gasteiger partial charge >= 0.3 is 5.97 Å². The van der Waals surface area contributed by atoms with Crippen molar-refractivity contribution in [3.63, 3.8) is 0 Å². The predicted octanol–water partition coefficient (Wildman–Crippen LogP) is 3.02. The van der Waals surface area contributed by atoms with Crippen LogP contribution in [0.2, 0.25) is 0 Å². The quantitative estimate of drug-likeness (QED) is 0.737. The lowest BCUT2D eigenvalue weighted by Crippen LogP contribution is -2.30. The van der Waals surface area contributed by atoms with Crippen molar-refractivity contribution in [3.05, 3.63) is 52.0 Å². The van der Waals surface area contributed by atoms with Gasteiger partial charge in [-0.15, -0.1) is 11.3 Å². The first-order chi connectivity index (χ1) is 10.2. The third kappa shape index (κ3) is 5.28. The molecular formula is C16H20N2O2S. The Labute approximate surface area is 129 Å². The van der Waals surface area contributed by atoms with Crippen molar-refractivity contribution in [3.8, 4) is 0 Å². The zero-order valence-corrected chi connectivity index (χ0v) is 13.2. The first-order valence-electron chi connectivity index (χ1n) is 7.00. The van der Waals surface area contributed by atoms with Gasteiger partial charge in [-0.3, -0.25) is 9.69 Å². The van der Waals surface area contributed by atoms with Crippen LogP contribution < -0.4 is 0 Å². The van der Waals surface area contributed by atoms with Gasteiger partial charge in [-0.1, -0.05) is 30.3 Å². The third-order valence-corrected chi connectivity index (χ3v) is 3.78. The summed E-state index contributed by atoms with van der Waals surface area (Å²) in [6.07, 6.45) is 0.